The summed E-state index contributed by atoms with van der Waals surface area (Å²) in [5.41, 5.74) is 6.26. The van der Waals surface area contributed by atoms with Gasteiger partial charge in [-0.05, 0) is 23.8 Å². The topological polar surface area (TPSA) is 119 Å². The highest BCUT2D eigenvalue weighted by molar-refractivity contribution is 5.94. The fraction of sp³-hybridized carbons (Fsp3) is 0.214. The Bertz CT molecular complexity index is 537. The summed E-state index contributed by atoms with van der Waals surface area (Å²) in [6.45, 7) is -0.0474. The minimum absolute atomic E-state index is 0.124. The lowest BCUT2D eigenvalue weighted by Gasteiger charge is -2.02. The minimum atomic E-state index is -1.05. The lowest BCUT2D eigenvalue weighted by Crippen LogP contribution is -2.26. The molecule has 0 spiro atoms. The highest BCUT2D eigenvalue weighted by Crippen LogP contribution is 2.05. The Morgan fingerprint density at radius 3 is 2.48 bits per heavy atom. The second kappa shape index (κ2) is 8.49. The Morgan fingerprint density at radius 2 is 1.90 bits per heavy atom. The largest absolute Gasteiger partial charge is 0.480 e. The molecule has 7 heteroatoms. The van der Waals surface area contributed by atoms with Crippen molar-refractivity contribution < 1.29 is 24.2 Å². The number of nitrogens with two attached hydrogens (primary N) is 1. The van der Waals surface area contributed by atoms with Crippen LogP contribution in [0.1, 0.15) is 15.9 Å². The van der Waals surface area contributed by atoms with E-state index < -0.39 is 18.5 Å². The number of carbonyl (C=O) groups is 3. The van der Waals surface area contributed by atoms with Gasteiger partial charge in [-0.1, -0.05) is 12.1 Å². The van der Waals surface area contributed by atoms with E-state index in [2.05, 4.69) is 5.32 Å². The zero-order chi connectivity index (χ0) is 15.7. The molecule has 0 heterocycles. The molecule has 0 unspecified atom stereocenters. The van der Waals surface area contributed by atoms with Gasteiger partial charge in [0.15, 0.2) is 0 Å². The quantitative estimate of drug-likeness (QED) is 0.461. The van der Waals surface area contributed by atoms with E-state index in [1.807, 2.05) is 0 Å². The standard InChI is InChI=1S/C14H16N2O5/c15-14(20)11-4-1-10(2-5-11)3-6-12(17)16-7-8-21-9-13(18)19/h1-6H,7-9H2,(H2,15,20)(H,16,17)(H,18,19). The molecule has 112 valence electrons. The monoisotopic (exact) mass is 292 g/mol. The average Bonchev–Trinajstić information content (AvgIpc) is 2.44. The molecule has 0 aromatic heterocycles. The van der Waals surface area contributed by atoms with E-state index in [0.29, 0.717) is 5.56 Å². The molecule has 1 rings (SSSR count). The van der Waals surface area contributed by atoms with Crippen LogP contribution in [-0.2, 0) is 14.3 Å². The minimum Gasteiger partial charge on any atom is -0.480 e. The molecule has 0 radical (unpaired) electrons. The van der Waals surface area contributed by atoms with Gasteiger partial charge in [-0.25, -0.2) is 4.79 Å². The van der Waals surface area contributed by atoms with Crippen LogP contribution in [0, 0.1) is 0 Å². The van der Waals surface area contributed by atoms with Gasteiger partial charge in [0, 0.05) is 18.2 Å². The number of ether oxygens (including phenoxy) is 1. The number of hydrogen-bond acceptors (Lipinski definition) is 4. The van der Waals surface area contributed by atoms with Crippen molar-refractivity contribution in [1.82, 2.24) is 5.32 Å². The van der Waals surface area contributed by atoms with E-state index in [1.165, 1.54) is 6.08 Å². The van der Waals surface area contributed by atoms with Gasteiger partial charge in [-0.15, -0.1) is 0 Å². The molecule has 21 heavy (non-hydrogen) atoms. The molecule has 0 aliphatic rings. The van der Waals surface area contributed by atoms with Crippen molar-refractivity contribution in [2.45, 2.75) is 0 Å². The zero-order valence-corrected chi connectivity index (χ0v) is 11.2. The predicted molar refractivity (Wildman–Crippen MR) is 75.5 cm³/mol. The average molecular weight is 292 g/mol. The highest BCUT2D eigenvalue weighted by atomic mass is 16.5. The number of aliphatic carboxylic acids is 1. The summed E-state index contributed by atoms with van der Waals surface area (Å²) in [6.07, 6.45) is 2.91. The van der Waals surface area contributed by atoms with Gasteiger partial charge in [-0.2, -0.15) is 0 Å². The number of carboxylic acids is 1. The molecule has 4 N–H and O–H groups in total. The molecule has 0 saturated heterocycles. The van der Waals surface area contributed by atoms with Gasteiger partial charge in [0.1, 0.15) is 6.61 Å². The van der Waals surface area contributed by atoms with Crippen molar-refractivity contribution in [3.05, 3.63) is 41.5 Å². The molecular formula is C14H16N2O5. The lowest BCUT2D eigenvalue weighted by molar-refractivity contribution is -0.142. The predicted octanol–water partition coefficient (Wildman–Crippen LogP) is 0.0161. The third-order valence-corrected chi connectivity index (χ3v) is 2.39. The fourth-order valence-electron chi connectivity index (χ4n) is 1.40. The molecule has 2 amide bonds. The molecule has 7 nitrogen and oxygen atoms in total. The van der Waals surface area contributed by atoms with Gasteiger partial charge in [0.2, 0.25) is 11.8 Å². The molecule has 0 aliphatic heterocycles. The second-order valence-corrected chi connectivity index (χ2v) is 4.06. The van der Waals surface area contributed by atoms with Crippen molar-refractivity contribution in [2.75, 3.05) is 19.8 Å². The maximum absolute atomic E-state index is 11.4. The zero-order valence-electron chi connectivity index (χ0n) is 11.2. The van der Waals surface area contributed by atoms with Crippen molar-refractivity contribution in [2.24, 2.45) is 5.73 Å². The lowest BCUT2D eigenvalue weighted by atomic mass is 10.1. The Hall–Kier alpha value is -2.67. The van der Waals surface area contributed by atoms with Crippen LogP contribution >= 0.6 is 0 Å². The Kier molecular flexibility index (Phi) is 6.62. The van der Waals surface area contributed by atoms with Crippen molar-refractivity contribution >= 4 is 23.9 Å². The van der Waals surface area contributed by atoms with Crippen LogP contribution in [0.3, 0.4) is 0 Å². The fourth-order valence-corrected chi connectivity index (χ4v) is 1.40. The summed E-state index contributed by atoms with van der Waals surface area (Å²) >= 11 is 0. The van der Waals surface area contributed by atoms with E-state index in [1.54, 1.807) is 30.3 Å². The van der Waals surface area contributed by atoms with E-state index >= 15 is 0 Å². The van der Waals surface area contributed by atoms with Crippen LogP contribution in [0.5, 0.6) is 0 Å². The van der Waals surface area contributed by atoms with E-state index in [9.17, 15) is 14.4 Å². The van der Waals surface area contributed by atoms with Crippen LogP contribution in [0.25, 0.3) is 6.08 Å². The molecule has 1 aromatic rings. The molecule has 1 aromatic carbocycles. The van der Waals surface area contributed by atoms with Crippen molar-refractivity contribution in [1.29, 1.82) is 0 Å². The molecule has 0 saturated carbocycles. The molecule has 0 aliphatic carbocycles. The number of carboxylic acid groups (broad SMARTS) is 1. The first-order chi connectivity index (χ1) is 9.99. The first kappa shape index (κ1) is 16.4. The maximum Gasteiger partial charge on any atom is 0.329 e. The molecular weight excluding hydrogens is 276 g/mol. The third kappa shape index (κ3) is 6.88. The summed E-state index contributed by atoms with van der Waals surface area (Å²) in [6, 6.07) is 6.47. The summed E-state index contributed by atoms with van der Waals surface area (Å²) in [5.74, 6) is -1.89. The SMILES string of the molecule is NC(=O)c1ccc(C=CC(=O)NCCOCC(=O)O)cc1. The second-order valence-electron chi connectivity index (χ2n) is 4.06. The van der Waals surface area contributed by atoms with Crippen LogP contribution < -0.4 is 11.1 Å². The van der Waals surface area contributed by atoms with Gasteiger partial charge < -0.3 is 20.9 Å². The first-order valence-electron chi connectivity index (χ1n) is 6.14. The summed E-state index contributed by atoms with van der Waals surface area (Å²) < 4.78 is 4.76. The number of hydrogen-bond donors (Lipinski definition) is 3. The summed E-state index contributed by atoms with van der Waals surface area (Å²) in [4.78, 5) is 32.5. The van der Waals surface area contributed by atoms with Crippen LogP contribution in [-0.4, -0.2) is 42.6 Å². The Morgan fingerprint density at radius 1 is 1.24 bits per heavy atom. The Labute approximate surface area is 121 Å². The third-order valence-electron chi connectivity index (χ3n) is 2.39. The van der Waals surface area contributed by atoms with Crippen LogP contribution in [0.2, 0.25) is 0 Å². The number of carbonyl (C=O) groups excluding carboxylic acids is 2. The van der Waals surface area contributed by atoms with Crippen LogP contribution in [0.4, 0.5) is 0 Å². The van der Waals surface area contributed by atoms with Crippen molar-refractivity contribution in [3.63, 3.8) is 0 Å². The number of nitrogens with one attached hydrogen (secondary N) is 1. The van der Waals surface area contributed by atoms with Gasteiger partial charge >= 0.3 is 5.97 Å². The van der Waals surface area contributed by atoms with Gasteiger partial charge in [-0.3, -0.25) is 9.59 Å². The number of primary amides is 1. The summed E-state index contributed by atoms with van der Waals surface area (Å²) in [5, 5.41) is 10.9. The maximum atomic E-state index is 11.4. The molecule has 0 atom stereocenters. The highest BCUT2D eigenvalue weighted by Gasteiger charge is 1.99. The first-order valence-corrected chi connectivity index (χ1v) is 6.14. The smallest absolute Gasteiger partial charge is 0.329 e. The Balaban J connectivity index is 2.33. The van der Waals surface area contributed by atoms with Crippen molar-refractivity contribution in [3.8, 4) is 0 Å². The normalized spacial score (nSPS) is 10.5. The number of amides is 2. The molecule has 0 bridgehead atoms. The summed E-state index contributed by atoms with van der Waals surface area (Å²) in [7, 11) is 0. The van der Waals surface area contributed by atoms with Gasteiger partial charge in [0.05, 0.1) is 6.61 Å². The van der Waals surface area contributed by atoms with E-state index in [4.69, 9.17) is 15.6 Å². The number of rotatable bonds is 8. The van der Waals surface area contributed by atoms with E-state index in [-0.39, 0.29) is 19.1 Å². The molecule has 0 fully saturated rings. The van der Waals surface area contributed by atoms with Crippen LogP contribution in [0.15, 0.2) is 30.3 Å². The van der Waals surface area contributed by atoms with Gasteiger partial charge in [0.25, 0.3) is 0 Å². The number of benzene rings is 1. The van der Waals surface area contributed by atoms with E-state index in [0.717, 1.165) is 5.56 Å².